The van der Waals surface area contributed by atoms with Crippen LogP contribution in [0.1, 0.15) is 16.1 Å². The van der Waals surface area contributed by atoms with E-state index in [0.717, 1.165) is 30.0 Å². The Morgan fingerprint density at radius 1 is 1.25 bits per heavy atom. The lowest BCUT2D eigenvalue weighted by Gasteiger charge is -2.15. The van der Waals surface area contributed by atoms with E-state index >= 15 is 0 Å². The second-order valence-electron chi connectivity index (χ2n) is 5.15. The molecule has 1 heterocycles. The molecule has 0 aliphatic heterocycles. The number of carboxylic acids is 1. The number of carboxylic acid groups (broad SMARTS) is 1. The zero-order chi connectivity index (χ0) is 14.7. The molecule has 0 amide bonds. The molecule has 1 N–H and O–H groups in total. The van der Waals surface area contributed by atoms with Crippen molar-refractivity contribution in [1.82, 2.24) is 9.47 Å². The summed E-state index contributed by atoms with van der Waals surface area (Å²) in [6, 6.07) is 11.7. The van der Waals surface area contributed by atoms with Crippen LogP contribution in [0, 0.1) is 6.92 Å². The molecule has 0 atom stereocenters. The molecule has 0 radical (unpaired) electrons. The van der Waals surface area contributed by atoms with Crippen molar-refractivity contribution in [3.8, 4) is 11.3 Å². The maximum absolute atomic E-state index is 11.3. The highest BCUT2D eigenvalue weighted by Gasteiger charge is 2.17. The van der Waals surface area contributed by atoms with Crippen LogP contribution in [0.4, 0.5) is 0 Å². The molecule has 0 fully saturated rings. The first kappa shape index (κ1) is 14.3. The van der Waals surface area contributed by atoms with Crippen molar-refractivity contribution < 1.29 is 9.90 Å². The largest absolute Gasteiger partial charge is 0.478 e. The highest BCUT2D eigenvalue weighted by Crippen LogP contribution is 2.25. The van der Waals surface area contributed by atoms with Crippen molar-refractivity contribution in [1.29, 1.82) is 0 Å². The van der Waals surface area contributed by atoms with Crippen molar-refractivity contribution in [2.45, 2.75) is 13.5 Å². The van der Waals surface area contributed by atoms with Gasteiger partial charge in [-0.3, -0.25) is 0 Å². The number of nitrogens with zero attached hydrogens (tertiary/aromatic N) is 2. The predicted octanol–water partition coefficient (Wildman–Crippen LogP) is 2.72. The molecule has 0 aliphatic rings. The summed E-state index contributed by atoms with van der Waals surface area (Å²) in [6.07, 6.45) is 0. The molecule has 2 rings (SSSR count). The first-order valence-corrected chi connectivity index (χ1v) is 6.64. The normalized spacial score (nSPS) is 11.0. The smallest absolute Gasteiger partial charge is 0.337 e. The maximum Gasteiger partial charge on any atom is 0.337 e. The molecular weight excluding hydrogens is 252 g/mol. The minimum atomic E-state index is -0.872. The zero-order valence-electron chi connectivity index (χ0n) is 12.1. The van der Waals surface area contributed by atoms with Crippen molar-refractivity contribution in [2.24, 2.45) is 0 Å². The number of aromatic carboxylic acids is 1. The lowest BCUT2D eigenvalue weighted by molar-refractivity contribution is 0.0696. The average molecular weight is 272 g/mol. The van der Waals surface area contributed by atoms with Gasteiger partial charge >= 0.3 is 5.97 Å². The standard InChI is InChI=1S/C16H20N2O2/c1-12-14(16(19)20)11-15(13-7-5-4-6-8-13)18(12)10-9-17(2)3/h4-8,11H,9-10H2,1-3H3,(H,19,20). The van der Waals surface area contributed by atoms with Crippen LogP contribution >= 0.6 is 0 Å². The Kier molecular flexibility index (Phi) is 4.25. The van der Waals surface area contributed by atoms with E-state index in [1.54, 1.807) is 6.07 Å². The molecule has 4 heteroatoms. The Hall–Kier alpha value is -2.07. The highest BCUT2D eigenvalue weighted by atomic mass is 16.4. The Labute approximate surface area is 119 Å². The Morgan fingerprint density at radius 3 is 2.45 bits per heavy atom. The van der Waals surface area contributed by atoms with Gasteiger partial charge in [0, 0.05) is 24.5 Å². The highest BCUT2D eigenvalue weighted by molar-refractivity contribution is 5.91. The number of aromatic nitrogens is 1. The Balaban J connectivity index is 2.49. The van der Waals surface area contributed by atoms with Crippen LogP contribution in [0.5, 0.6) is 0 Å². The third-order valence-electron chi connectivity index (χ3n) is 3.44. The average Bonchev–Trinajstić information content (AvgIpc) is 2.74. The van der Waals surface area contributed by atoms with Gasteiger partial charge in [0.1, 0.15) is 0 Å². The van der Waals surface area contributed by atoms with Crippen LogP contribution in [0.3, 0.4) is 0 Å². The first-order chi connectivity index (χ1) is 9.50. The van der Waals surface area contributed by atoms with Crippen LogP contribution in [0.2, 0.25) is 0 Å². The van der Waals surface area contributed by atoms with Gasteiger partial charge in [0.05, 0.1) is 5.56 Å². The maximum atomic E-state index is 11.3. The number of hydrogen-bond donors (Lipinski definition) is 1. The van der Waals surface area contributed by atoms with E-state index in [2.05, 4.69) is 9.47 Å². The van der Waals surface area contributed by atoms with E-state index < -0.39 is 5.97 Å². The van der Waals surface area contributed by atoms with E-state index in [1.807, 2.05) is 51.4 Å². The second-order valence-corrected chi connectivity index (χ2v) is 5.15. The van der Waals surface area contributed by atoms with Gasteiger partial charge < -0.3 is 14.6 Å². The number of hydrogen-bond acceptors (Lipinski definition) is 2. The molecule has 0 unspecified atom stereocenters. The minimum Gasteiger partial charge on any atom is -0.478 e. The summed E-state index contributed by atoms with van der Waals surface area (Å²) in [6.45, 7) is 3.51. The Bertz CT molecular complexity index is 600. The fourth-order valence-electron chi connectivity index (χ4n) is 2.30. The molecule has 0 saturated heterocycles. The summed E-state index contributed by atoms with van der Waals surface area (Å²) in [5.74, 6) is -0.872. The van der Waals surface area contributed by atoms with E-state index in [4.69, 9.17) is 0 Å². The van der Waals surface area contributed by atoms with Crippen molar-refractivity contribution >= 4 is 5.97 Å². The summed E-state index contributed by atoms with van der Waals surface area (Å²) in [5.41, 5.74) is 3.19. The Morgan fingerprint density at radius 2 is 1.90 bits per heavy atom. The molecule has 1 aromatic heterocycles. The second kappa shape index (κ2) is 5.92. The third kappa shape index (κ3) is 2.91. The van der Waals surface area contributed by atoms with Gasteiger partial charge in [-0.15, -0.1) is 0 Å². The summed E-state index contributed by atoms with van der Waals surface area (Å²) in [4.78, 5) is 13.4. The summed E-state index contributed by atoms with van der Waals surface area (Å²) in [5, 5.41) is 9.30. The molecular formula is C16H20N2O2. The van der Waals surface area contributed by atoms with Gasteiger partial charge in [0.15, 0.2) is 0 Å². The van der Waals surface area contributed by atoms with Crippen LogP contribution in [0.15, 0.2) is 36.4 Å². The lowest BCUT2D eigenvalue weighted by atomic mass is 10.1. The van der Waals surface area contributed by atoms with Crippen molar-refractivity contribution in [3.63, 3.8) is 0 Å². The van der Waals surface area contributed by atoms with E-state index in [-0.39, 0.29) is 0 Å². The SMILES string of the molecule is Cc1c(C(=O)O)cc(-c2ccccc2)n1CCN(C)C. The first-order valence-electron chi connectivity index (χ1n) is 6.64. The van der Waals surface area contributed by atoms with E-state index in [0.29, 0.717) is 5.56 Å². The fraction of sp³-hybridized carbons (Fsp3) is 0.312. The van der Waals surface area contributed by atoms with Gasteiger partial charge in [0.25, 0.3) is 0 Å². The molecule has 0 bridgehead atoms. The molecule has 4 nitrogen and oxygen atoms in total. The van der Waals surface area contributed by atoms with Crippen LogP contribution < -0.4 is 0 Å². The van der Waals surface area contributed by atoms with Gasteiger partial charge in [-0.1, -0.05) is 30.3 Å². The lowest BCUT2D eigenvalue weighted by Crippen LogP contribution is -2.19. The number of carbonyl (C=O) groups is 1. The topological polar surface area (TPSA) is 45.5 Å². The monoisotopic (exact) mass is 272 g/mol. The molecule has 2 aromatic rings. The van der Waals surface area contributed by atoms with E-state index in [9.17, 15) is 9.90 Å². The van der Waals surface area contributed by atoms with Gasteiger partial charge in [-0.25, -0.2) is 4.79 Å². The van der Waals surface area contributed by atoms with Crippen LogP contribution in [-0.2, 0) is 6.54 Å². The molecule has 0 spiro atoms. The third-order valence-corrected chi connectivity index (χ3v) is 3.44. The predicted molar refractivity (Wildman–Crippen MR) is 80.1 cm³/mol. The molecule has 20 heavy (non-hydrogen) atoms. The van der Waals surface area contributed by atoms with Crippen LogP contribution in [-0.4, -0.2) is 41.2 Å². The summed E-state index contributed by atoms with van der Waals surface area (Å²) < 4.78 is 2.08. The summed E-state index contributed by atoms with van der Waals surface area (Å²) >= 11 is 0. The van der Waals surface area contributed by atoms with Gasteiger partial charge in [-0.2, -0.15) is 0 Å². The number of likely N-dealkylation sites (N-methyl/N-ethyl adjacent to an activating group) is 1. The molecule has 1 aromatic carbocycles. The van der Waals surface area contributed by atoms with Crippen molar-refractivity contribution in [2.75, 3.05) is 20.6 Å². The van der Waals surface area contributed by atoms with Gasteiger partial charge in [0.2, 0.25) is 0 Å². The molecule has 106 valence electrons. The van der Waals surface area contributed by atoms with Crippen LogP contribution in [0.25, 0.3) is 11.3 Å². The number of rotatable bonds is 5. The molecule has 0 saturated carbocycles. The van der Waals surface area contributed by atoms with E-state index in [1.165, 1.54) is 0 Å². The van der Waals surface area contributed by atoms with Gasteiger partial charge in [-0.05, 0) is 32.6 Å². The minimum absolute atomic E-state index is 0.377. The zero-order valence-corrected chi connectivity index (χ0v) is 12.1. The summed E-state index contributed by atoms with van der Waals surface area (Å²) in [7, 11) is 4.03. The van der Waals surface area contributed by atoms with Crippen molar-refractivity contribution in [3.05, 3.63) is 47.7 Å². The fourth-order valence-corrected chi connectivity index (χ4v) is 2.30. The number of benzene rings is 1. The quantitative estimate of drug-likeness (QED) is 0.910. The molecule has 0 aliphatic carbocycles.